The summed E-state index contributed by atoms with van der Waals surface area (Å²) in [5, 5.41) is 9.64. The quantitative estimate of drug-likeness (QED) is 0.873. The summed E-state index contributed by atoms with van der Waals surface area (Å²) >= 11 is 5.84. The molecule has 6 heteroatoms. The smallest absolute Gasteiger partial charge is 0.323 e. The van der Waals surface area contributed by atoms with Crippen LogP contribution in [0.15, 0.2) is 24.3 Å². The minimum atomic E-state index is -1.01. The van der Waals surface area contributed by atoms with Gasteiger partial charge < -0.3 is 14.7 Å². The van der Waals surface area contributed by atoms with E-state index in [0.29, 0.717) is 24.7 Å². The van der Waals surface area contributed by atoms with Crippen molar-refractivity contribution in [3.8, 4) is 0 Å². The summed E-state index contributed by atoms with van der Waals surface area (Å²) in [5.41, 5.74) is 0.867. The molecule has 1 aromatic carbocycles. The Balaban J connectivity index is 1.99. The van der Waals surface area contributed by atoms with Gasteiger partial charge in [0.2, 0.25) is 5.91 Å². The Kier molecular flexibility index (Phi) is 6.21. The number of ether oxygens (including phenoxy) is 1. The zero-order valence-corrected chi connectivity index (χ0v) is 13.1. The molecule has 0 atom stereocenters. The van der Waals surface area contributed by atoms with Crippen molar-refractivity contribution in [1.29, 1.82) is 0 Å². The van der Waals surface area contributed by atoms with Gasteiger partial charge in [-0.3, -0.25) is 9.59 Å². The highest BCUT2D eigenvalue weighted by atomic mass is 35.5. The van der Waals surface area contributed by atoms with Crippen LogP contribution in [-0.4, -0.2) is 41.6 Å². The number of amides is 1. The van der Waals surface area contributed by atoms with E-state index in [1.165, 1.54) is 4.90 Å². The maximum absolute atomic E-state index is 12.4. The van der Waals surface area contributed by atoms with Gasteiger partial charge in [-0.15, -0.1) is 0 Å². The summed E-state index contributed by atoms with van der Waals surface area (Å²) in [4.78, 5) is 24.8. The highest BCUT2D eigenvalue weighted by Gasteiger charge is 2.23. The molecule has 0 radical (unpaired) electrons. The Morgan fingerprint density at radius 1 is 1.23 bits per heavy atom. The summed E-state index contributed by atoms with van der Waals surface area (Å²) < 4.78 is 5.28. The first-order chi connectivity index (χ1) is 10.5. The van der Waals surface area contributed by atoms with Gasteiger partial charge in [0.25, 0.3) is 0 Å². The van der Waals surface area contributed by atoms with E-state index < -0.39 is 5.97 Å². The molecule has 0 aliphatic carbocycles. The number of carboxylic acid groups (broad SMARTS) is 1. The van der Waals surface area contributed by atoms with Gasteiger partial charge in [-0.05, 0) is 36.5 Å². The monoisotopic (exact) mass is 325 g/mol. The normalized spacial score (nSPS) is 15.5. The van der Waals surface area contributed by atoms with Crippen LogP contribution in [0.2, 0.25) is 5.02 Å². The molecule has 0 bridgehead atoms. The molecule has 0 spiro atoms. The molecule has 120 valence electrons. The van der Waals surface area contributed by atoms with E-state index in [9.17, 15) is 9.59 Å². The predicted octanol–water partition coefficient (Wildman–Crippen LogP) is 2.57. The second-order valence-corrected chi connectivity index (χ2v) is 5.97. The van der Waals surface area contributed by atoms with Crippen molar-refractivity contribution in [3.63, 3.8) is 0 Å². The van der Waals surface area contributed by atoms with Gasteiger partial charge >= 0.3 is 5.97 Å². The van der Waals surface area contributed by atoms with Gasteiger partial charge in [0.1, 0.15) is 6.54 Å². The topological polar surface area (TPSA) is 66.8 Å². The van der Waals surface area contributed by atoms with Crippen molar-refractivity contribution < 1.29 is 19.4 Å². The number of hydrogen-bond donors (Lipinski definition) is 1. The first-order valence-electron chi connectivity index (χ1n) is 7.36. The van der Waals surface area contributed by atoms with Crippen LogP contribution in [0.1, 0.15) is 24.8 Å². The van der Waals surface area contributed by atoms with E-state index in [1.807, 2.05) is 0 Å². The van der Waals surface area contributed by atoms with Crippen molar-refractivity contribution in [2.24, 2.45) is 5.92 Å². The standard InChI is InChI=1S/C16H20ClNO4/c17-14-3-1-13(2-4-14)10-18(11-16(20)21)15(19)9-12-5-7-22-8-6-12/h1-4,12H,5-11H2,(H,20,21). The number of rotatable bonds is 6. The molecular weight excluding hydrogens is 306 g/mol. The summed E-state index contributed by atoms with van der Waals surface area (Å²) in [6, 6.07) is 7.08. The molecule has 1 fully saturated rings. The van der Waals surface area contributed by atoms with Crippen LogP contribution >= 0.6 is 11.6 Å². The predicted molar refractivity (Wildman–Crippen MR) is 82.7 cm³/mol. The largest absolute Gasteiger partial charge is 0.480 e. The van der Waals surface area contributed by atoms with E-state index >= 15 is 0 Å². The molecule has 22 heavy (non-hydrogen) atoms. The molecule has 1 heterocycles. The fraction of sp³-hybridized carbons (Fsp3) is 0.500. The number of carboxylic acids is 1. The Morgan fingerprint density at radius 2 is 1.86 bits per heavy atom. The van der Waals surface area contributed by atoms with E-state index in [1.54, 1.807) is 24.3 Å². The van der Waals surface area contributed by atoms with Crippen LogP contribution in [0.4, 0.5) is 0 Å². The van der Waals surface area contributed by atoms with Gasteiger partial charge in [0, 0.05) is 31.2 Å². The third kappa shape index (κ3) is 5.31. The van der Waals surface area contributed by atoms with Crippen LogP contribution in [0, 0.1) is 5.92 Å². The van der Waals surface area contributed by atoms with Crippen LogP contribution in [-0.2, 0) is 20.9 Å². The number of benzene rings is 1. The van der Waals surface area contributed by atoms with Gasteiger partial charge in [-0.25, -0.2) is 0 Å². The highest BCUT2D eigenvalue weighted by Crippen LogP contribution is 2.20. The molecule has 5 nitrogen and oxygen atoms in total. The molecule has 2 rings (SSSR count). The molecule has 1 aromatic rings. The van der Waals surface area contributed by atoms with Crippen LogP contribution in [0.3, 0.4) is 0 Å². The molecule has 1 aliphatic heterocycles. The zero-order valence-electron chi connectivity index (χ0n) is 12.3. The lowest BCUT2D eigenvalue weighted by Gasteiger charge is -2.26. The summed E-state index contributed by atoms with van der Waals surface area (Å²) in [5.74, 6) is -0.846. The molecule has 1 N–H and O–H groups in total. The number of hydrogen-bond acceptors (Lipinski definition) is 3. The second kappa shape index (κ2) is 8.15. The first-order valence-corrected chi connectivity index (χ1v) is 7.74. The Hall–Kier alpha value is -1.59. The number of halogens is 1. The molecular formula is C16H20ClNO4. The maximum atomic E-state index is 12.4. The van der Waals surface area contributed by atoms with Crippen molar-refractivity contribution in [3.05, 3.63) is 34.9 Å². The molecule has 1 aliphatic rings. The lowest BCUT2D eigenvalue weighted by molar-refractivity contribution is -0.145. The first kappa shape index (κ1) is 16.8. The number of carbonyl (C=O) groups is 2. The molecule has 0 aromatic heterocycles. The van der Waals surface area contributed by atoms with E-state index in [2.05, 4.69) is 0 Å². The van der Waals surface area contributed by atoms with E-state index in [-0.39, 0.29) is 24.9 Å². The minimum Gasteiger partial charge on any atom is -0.480 e. The minimum absolute atomic E-state index is 0.121. The zero-order chi connectivity index (χ0) is 15.9. The summed E-state index contributed by atoms with van der Waals surface area (Å²) in [6.45, 7) is 1.35. The average Bonchev–Trinajstić information content (AvgIpc) is 2.49. The fourth-order valence-corrected chi connectivity index (χ4v) is 2.66. The van der Waals surface area contributed by atoms with Crippen LogP contribution < -0.4 is 0 Å². The SMILES string of the molecule is O=C(O)CN(Cc1ccc(Cl)cc1)C(=O)CC1CCOCC1. The van der Waals surface area contributed by atoms with Gasteiger partial charge in [0.05, 0.1) is 0 Å². The van der Waals surface area contributed by atoms with Gasteiger partial charge in [0.15, 0.2) is 0 Å². The second-order valence-electron chi connectivity index (χ2n) is 5.53. The van der Waals surface area contributed by atoms with E-state index in [0.717, 1.165) is 18.4 Å². The molecule has 1 amide bonds. The van der Waals surface area contributed by atoms with Crippen LogP contribution in [0.5, 0.6) is 0 Å². The van der Waals surface area contributed by atoms with Crippen molar-refractivity contribution in [2.45, 2.75) is 25.8 Å². The fourth-order valence-electron chi connectivity index (χ4n) is 2.53. The lowest BCUT2D eigenvalue weighted by atomic mass is 9.96. The maximum Gasteiger partial charge on any atom is 0.323 e. The number of aliphatic carboxylic acids is 1. The lowest BCUT2D eigenvalue weighted by Crippen LogP contribution is -2.36. The Morgan fingerprint density at radius 3 is 2.45 bits per heavy atom. The van der Waals surface area contributed by atoms with E-state index in [4.69, 9.17) is 21.4 Å². The summed E-state index contributed by atoms with van der Waals surface area (Å²) in [6.07, 6.45) is 2.09. The third-order valence-corrected chi connectivity index (χ3v) is 4.02. The van der Waals surface area contributed by atoms with Crippen molar-refractivity contribution in [1.82, 2.24) is 4.90 Å². The van der Waals surface area contributed by atoms with Crippen LogP contribution in [0.25, 0.3) is 0 Å². The van der Waals surface area contributed by atoms with Crippen molar-refractivity contribution in [2.75, 3.05) is 19.8 Å². The van der Waals surface area contributed by atoms with Gasteiger partial charge in [-0.2, -0.15) is 0 Å². The number of nitrogens with zero attached hydrogens (tertiary/aromatic N) is 1. The molecule has 1 saturated heterocycles. The Labute approximate surface area is 134 Å². The molecule has 0 saturated carbocycles. The average molecular weight is 326 g/mol. The number of carbonyl (C=O) groups excluding carboxylic acids is 1. The van der Waals surface area contributed by atoms with Crippen molar-refractivity contribution >= 4 is 23.5 Å². The summed E-state index contributed by atoms with van der Waals surface area (Å²) in [7, 11) is 0. The Bertz CT molecular complexity index is 511. The highest BCUT2D eigenvalue weighted by molar-refractivity contribution is 6.30. The van der Waals surface area contributed by atoms with Gasteiger partial charge in [-0.1, -0.05) is 23.7 Å². The molecule has 0 unspecified atom stereocenters. The third-order valence-electron chi connectivity index (χ3n) is 3.77.